The number of nitrogens with zero attached hydrogens (tertiary/aromatic N) is 2. The van der Waals surface area contributed by atoms with Crippen molar-refractivity contribution in [3.63, 3.8) is 0 Å². The van der Waals surface area contributed by atoms with Gasteiger partial charge in [0.2, 0.25) is 0 Å². The van der Waals surface area contributed by atoms with Gasteiger partial charge in [0, 0.05) is 0 Å². The molecule has 2 N–H and O–H groups in total. The lowest BCUT2D eigenvalue weighted by Crippen LogP contribution is -1.83. The van der Waals surface area contributed by atoms with Crippen molar-refractivity contribution < 1.29 is 9.34 Å². The molecular formula is C9H9N3O3S2. The maximum atomic E-state index is 10.4. The lowest BCUT2D eigenvalue weighted by atomic mass is 10.5. The van der Waals surface area contributed by atoms with E-state index >= 15 is 0 Å². The minimum atomic E-state index is -0.551. The van der Waals surface area contributed by atoms with Crippen LogP contribution >= 0.6 is 23.1 Å². The van der Waals surface area contributed by atoms with E-state index in [1.54, 1.807) is 6.07 Å². The monoisotopic (exact) mass is 271 g/mol. The highest BCUT2D eigenvalue weighted by atomic mass is 32.2. The van der Waals surface area contributed by atoms with Crippen LogP contribution in [-0.2, 0) is 5.75 Å². The summed E-state index contributed by atoms with van der Waals surface area (Å²) in [5.41, 5.74) is 6.45. The van der Waals surface area contributed by atoms with Gasteiger partial charge < -0.3 is 10.2 Å². The molecule has 17 heavy (non-hydrogen) atoms. The SMILES string of the molecule is Cc1nc(N)sc1SCc1ccc([N+](=O)[O-])o1. The smallest absolute Gasteiger partial charge is 0.405 e. The number of anilines is 1. The summed E-state index contributed by atoms with van der Waals surface area (Å²) in [4.78, 5) is 14.0. The Labute approximate surface area is 105 Å². The number of rotatable bonds is 4. The van der Waals surface area contributed by atoms with Crippen molar-refractivity contribution >= 4 is 34.1 Å². The second-order valence-corrected chi connectivity index (χ2v) is 5.49. The average Bonchev–Trinajstić information content (AvgIpc) is 2.82. The van der Waals surface area contributed by atoms with Gasteiger partial charge in [0.05, 0.1) is 21.7 Å². The number of nitrogen functional groups attached to an aromatic ring is 1. The Hall–Kier alpha value is -1.54. The number of aryl methyl sites for hydroxylation is 1. The summed E-state index contributed by atoms with van der Waals surface area (Å²) >= 11 is 2.91. The molecule has 0 saturated carbocycles. The molecule has 90 valence electrons. The molecule has 0 amide bonds. The molecule has 0 atom stereocenters. The van der Waals surface area contributed by atoms with Crippen molar-refractivity contribution in [2.24, 2.45) is 0 Å². The summed E-state index contributed by atoms with van der Waals surface area (Å²) in [6.07, 6.45) is 0. The largest absolute Gasteiger partial charge is 0.433 e. The average molecular weight is 271 g/mol. The molecule has 0 aliphatic carbocycles. The first-order valence-corrected chi connectivity index (χ1v) is 6.45. The van der Waals surface area contributed by atoms with Crippen molar-refractivity contribution in [1.82, 2.24) is 4.98 Å². The Morgan fingerprint density at radius 3 is 2.94 bits per heavy atom. The molecular weight excluding hydrogens is 262 g/mol. The molecule has 2 heterocycles. The Bertz CT molecular complexity index is 549. The van der Waals surface area contributed by atoms with Crippen molar-refractivity contribution in [3.05, 3.63) is 33.7 Å². The van der Waals surface area contributed by atoms with Gasteiger partial charge in [-0.3, -0.25) is 10.1 Å². The molecule has 6 nitrogen and oxygen atoms in total. The van der Waals surface area contributed by atoms with Crippen LogP contribution in [0.25, 0.3) is 0 Å². The van der Waals surface area contributed by atoms with Gasteiger partial charge in [0.25, 0.3) is 0 Å². The van der Waals surface area contributed by atoms with Gasteiger partial charge in [-0.05, 0) is 13.0 Å². The molecule has 0 bridgehead atoms. The first-order valence-electron chi connectivity index (χ1n) is 4.65. The Kier molecular flexibility index (Phi) is 3.34. The maximum absolute atomic E-state index is 10.4. The van der Waals surface area contributed by atoms with Crippen LogP contribution in [0.1, 0.15) is 11.5 Å². The van der Waals surface area contributed by atoms with Crippen LogP contribution in [0.5, 0.6) is 0 Å². The molecule has 0 spiro atoms. The number of furan rings is 1. The molecule has 0 aromatic carbocycles. The van der Waals surface area contributed by atoms with E-state index in [4.69, 9.17) is 10.2 Å². The second kappa shape index (κ2) is 4.76. The minimum absolute atomic E-state index is 0.235. The van der Waals surface area contributed by atoms with Gasteiger partial charge in [-0.25, -0.2) is 4.98 Å². The third kappa shape index (κ3) is 2.77. The predicted octanol–water partition coefficient (Wildman–Crippen LogP) is 2.83. The van der Waals surface area contributed by atoms with Gasteiger partial charge in [-0.15, -0.1) is 11.8 Å². The molecule has 0 aliphatic heterocycles. The van der Waals surface area contributed by atoms with E-state index in [1.807, 2.05) is 6.92 Å². The van der Waals surface area contributed by atoms with Crippen molar-refractivity contribution in [1.29, 1.82) is 0 Å². The van der Waals surface area contributed by atoms with E-state index < -0.39 is 4.92 Å². The quantitative estimate of drug-likeness (QED) is 0.522. The van der Waals surface area contributed by atoms with Gasteiger partial charge in [0.1, 0.15) is 10.7 Å². The Morgan fingerprint density at radius 1 is 1.65 bits per heavy atom. The topological polar surface area (TPSA) is 95.2 Å². The fourth-order valence-corrected chi connectivity index (χ4v) is 3.13. The lowest BCUT2D eigenvalue weighted by Gasteiger charge is -1.95. The maximum Gasteiger partial charge on any atom is 0.433 e. The van der Waals surface area contributed by atoms with E-state index in [9.17, 15) is 10.1 Å². The van der Waals surface area contributed by atoms with Crippen molar-refractivity contribution in [2.75, 3.05) is 5.73 Å². The zero-order valence-electron chi connectivity index (χ0n) is 8.87. The molecule has 0 aliphatic rings. The normalized spacial score (nSPS) is 10.6. The zero-order chi connectivity index (χ0) is 12.4. The Balaban J connectivity index is 2.02. The standard InChI is InChI=1S/C9H9N3O3S2/c1-5-8(17-9(10)11-5)16-4-6-2-3-7(15-6)12(13)14/h2-3H,4H2,1H3,(H2,10,11). The van der Waals surface area contributed by atoms with Crippen LogP contribution in [0.4, 0.5) is 11.0 Å². The van der Waals surface area contributed by atoms with Crippen molar-refractivity contribution in [3.8, 4) is 0 Å². The third-order valence-corrected chi connectivity index (χ3v) is 4.31. The zero-order valence-corrected chi connectivity index (χ0v) is 10.5. The highest BCUT2D eigenvalue weighted by molar-refractivity contribution is 8.00. The first-order chi connectivity index (χ1) is 8.06. The predicted molar refractivity (Wildman–Crippen MR) is 66.2 cm³/mol. The van der Waals surface area contributed by atoms with Crippen molar-refractivity contribution in [2.45, 2.75) is 16.9 Å². The fraction of sp³-hybridized carbons (Fsp3) is 0.222. The number of nitro groups is 1. The van der Waals surface area contributed by atoms with Crippen LogP contribution in [0.3, 0.4) is 0 Å². The number of hydrogen-bond acceptors (Lipinski definition) is 7. The minimum Gasteiger partial charge on any atom is -0.405 e. The van der Waals surface area contributed by atoms with E-state index in [0.717, 1.165) is 9.90 Å². The van der Waals surface area contributed by atoms with E-state index in [2.05, 4.69) is 4.98 Å². The molecule has 2 aromatic heterocycles. The summed E-state index contributed by atoms with van der Waals surface area (Å²) in [7, 11) is 0. The lowest BCUT2D eigenvalue weighted by molar-refractivity contribution is -0.402. The number of thioether (sulfide) groups is 1. The number of hydrogen-bond donors (Lipinski definition) is 1. The molecule has 2 rings (SSSR count). The van der Waals surface area contributed by atoms with E-state index in [-0.39, 0.29) is 5.88 Å². The van der Waals surface area contributed by atoms with E-state index in [1.165, 1.54) is 29.2 Å². The summed E-state index contributed by atoms with van der Waals surface area (Å²) in [5, 5.41) is 11.0. The highest BCUT2D eigenvalue weighted by Crippen LogP contribution is 2.33. The summed E-state index contributed by atoms with van der Waals surface area (Å²) in [6, 6.07) is 2.95. The van der Waals surface area contributed by atoms with Crippen LogP contribution in [0, 0.1) is 17.0 Å². The molecule has 8 heteroatoms. The van der Waals surface area contributed by atoms with Crippen LogP contribution in [-0.4, -0.2) is 9.91 Å². The van der Waals surface area contributed by atoms with Gasteiger partial charge in [-0.1, -0.05) is 11.3 Å². The molecule has 0 fully saturated rings. The number of aromatic nitrogens is 1. The molecule has 0 unspecified atom stereocenters. The molecule has 0 radical (unpaired) electrons. The Morgan fingerprint density at radius 2 is 2.41 bits per heavy atom. The number of nitrogens with two attached hydrogens (primary N) is 1. The van der Waals surface area contributed by atoms with Crippen LogP contribution in [0.2, 0.25) is 0 Å². The van der Waals surface area contributed by atoms with Gasteiger partial charge >= 0.3 is 5.88 Å². The van der Waals surface area contributed by atoms with Gasteiger partial charge in [0.15, 0.2) is 5.13 Å². The summed E-state index contributed by atoms with van der Waals surface area (Å²) in [5.74, 6) is 0.852. The summed E-state index contributed by atoms with van der Waals surface area (Å²) < 4.78 is 6.05. The third-order valence-electron chi connectivity index (χ3n) is 1.94. The second-order valence-electron chi connectivity index (χ2n) is 3.21. The summed E-state index contributed by atoms with van der Waals surface area (Å²) in [6.45, 7) is 1.87. The first kappa shape index (κ1) is 11.9. The van der Waals surface area contributed by atoms with Crippen LogP contribution < -0.4 is 5.73 Å². The molecule has 0 saturated heterocycles. The fourth-order valence-electron chi connectivity index (χ4n) is 1.22. The van der Waals surface area contributed by atoms with Crippen LogP contribution in [0.15, 0.2) is 20.8 Å². The number of thiazole rings is 1. The van der Waals surface area contributed by atoms with Gasteiger partial charge in [-0.2, -0.15) is 0 Å². The molecule has 2 aromatic rings. The highest BCUT2D eigenvalue weighted by Gasteiger charge is 2.13. The van der Waals surface area contributed by atoms with E-state index in [0.29, 0.717) is 16.6 Å².